The second-order valence-corrected chi connectivity index (χ2v) is 3.24. The van der Waals surface area contributed by atoms with Gasteiger partial charge in [0.15, 0.2) is 0 Å². The molecule has 2 nitrogen and oxygen atoms in total. The zero-order chi connectivity index (χ0) is 8.65. The van der Waals surface area contributed by atoms with Crippen molar-refractivity contribution in [3.8, 4) is 0 Å². The van der Waals surface area contributed by atoms with Crippen molar-refractivity contribution in [2.75, 3.05) is 13.1 Å². The van der Waals surface area contributed by atoms with Gasteiger partial charge >= 0.3 is 0 Å². The average Bonchev–Trinajstić information content (AvgIpc) is 2.14. The molecule has 0 amide bonds. The molecule has 0 radical (unpaired) electrons. The summed E-state index contributed by atoms with van der Waals surface area (Å²) < 4.78 is 0. The van der Waals surface area contributed by atoms with E-state index in [1.54, 1.807) is 6.20 Å². The van der Waals surface area contributed by atoms with Gasteiger partial charge in [0, 0.05) is 0 Å². The van der Waals surface area contributed by atoms with Gasteiger partial charge in [-0.1, -0.05) is 12.2 Å². The van der Waals surface area contributed by atoms with Crippen LogP contribution in [0, 0.1) is 5.92 Å². The Labute approximate surface area is 74.5 Å². The predicted molar refractivity (Wildman–Crippen MR) is 52.7 cm³/mol. The zero-order valence-electron chi connectivity index (χ0n) is 7.50. The molecule has 1 aliphatic heterocycles. The Balaban J connectivity index is 2.12. The van der Waals surface area contributed by atoms with Crippen molar-refractivity contribution in [2.45, 2.75) is 19.3 Å². The summed E-state index contributed by atoms with van der Waals surface area (Å²) in [5, 5.41) is 3.36. The lowest BCUT2D eigenvalue weighted by molar-refractivity contribution is 0.377. The Kier molecular flexibility index (Phi) is 4.54. The molecule has 1 saturated heterocycles. The van der Waals surface area contributed by atoms with Crippen molar-refractivity contribution < 1.29 is 0 Å². The maximum atomic E-state index is 5.21. The van der Waals surface area contributed by atoms with Crippen LogP contribution in [0.15, 0.2) is 24.4 Å². The lowest BCUT2D eigenvalue weighted by Crippen LogP contribution is -2.27. The van der Waals surface area contributed by atoms with E-state index in [1.807, 2.05) is 12.2 Å². The first-order chi connectivity index (χ1) is 5.93. The summed E-state index contributed by atoms with van der Waals surface area (Å²) in [7, 11) is 0. The third kappa shape index (κ3) is 3.58. The van der Waals surface area contributed by atoms with Crippen molar-refractivity contribution >= 4 is 0 Å². The molecule has 0 aromatic carbocycles. The molecular weight excluding hydrogens is 148 g/mol. The summed E-state index contributed by atoms with van der Waals surface area (Å²) in [6.45, 7) is 2.37. The van der Waals surface area contributed by atoms with E-state index in [0.717, 1.165) is 5.92 Å². The van der Waals surface area contributed by atoms with Crippen LogP contribution in [0.4, 0.5) is 0 Å². The third-order valence-electron chi connectivity index (χ3n) is 2.29. The highest BCUT2D eigenvalue weighted by atomic mass is 14.9. The largest absolute Gasteiger partial charge is 0.405 e. The number of nitrogens with two attached hydrogens (primary N) is 1. The maximum absolute atomic E-state index is 5.21. The predicted octanol–water partition coefficient (Wildman–Crippen LogP) is 1.40. The van der Waals surface area contributed by atoms with E-state index in [2.05, 4.69) is 11.4 Å². The lowest BCUT2D eigenvalue weighted by atomic mass is 9.94. The fourth-order valence-electron chi connectivity index (χ4n) is 1.53. The van der Waals surface area contributed by atoms with Gasteiger partial charge in [-0.2, -0.15) is 0 Å². The minimum absolute atomic E-state index is 0.883. The van der Waals surface area contributed by atoms with Crippen LogP contribution in [-0.4, -0.2) is 13.1 Å². The van der Waals surface area contributed by atoms with E-state index in [-0.39, 0.29) is 0 Å². The van der Waals surface area contributed by atoms with Crippen molar-refractivity contribution in [1.82, 2.24) is 5.32 Å². The number of rotatable bonds is 3. The SMILES string of the molecule is N/C=C\C=C/CC1CCNCC1. The third-order valence-corrected chi connectivity index (χ3v) is 2.29. The van der Waals surface area contributed by atoms with Crippen LogP contribution in [0.3, 0.4) is 0 Å². The summed E-state index contributed by atoms with van der Waals surface area (Å²) in [4.78, 5) is 0. The van der Waals surface area contributed by atoms with E-state index in [4.69, 9.17) is 5.73 Å². The quantitative estimate of drug-likeness (QED) is 0.622. The molecule has 0 saturated carbocycles. The summed E-state index contributed by atoms with van der Waals surface area (Å²) >= 11 is 0. The van der Waals surface area contributed by atoms with E-state index in [0.29, 0.717) is 0 Å². The number of hydrogen-bond donors (Lipinski definition) is 2. The summed E-state index contributed by atoms with van der Waals surface area (Å²) in [5.41, 5.74) is 5.21. The monoisotopic (exact) mass is 166 g/mol. The number of piperidine rings is 1. The van der Waals surface area contributed by atoms with Crippen molar-refractivity contribution in [3.05, 3.63) is 24.4 Å². The molecule has 0 aromatic rings. The highest BCUT2D eigenvalue weighted by Crippen LogP contribution is 2.15. The van der Waals surface area contributed by atoms with E-state index >= 15 is 0 Å². The first-order valence-corrected chi connectivity index (χ1v) is 4.67. The van der Waals surface area contributed by atoms with Crippen LogP contribution < -0.4 is 11.1 Å². The fourth-order valence-corrected chi connectivity index (χ4v) is 1.53. The molecule has 2 heteroatoms. The summed E-state index contributed by atoms with van der Waals surface area (Å²) in [6, 6.07) is 0. The van der Waals surface area contributed by atoms with E-state index in [1.165, 1.54) is 32.4 Å². The Morgan fingerprint density at radius 2 is 2.00 bits per heavy atom. The normalized spacial score (nSPS) is 21.0. The molecule has 0 unspecified atom stereocenters. The van der Waals surface area contributed by atoms with E-state index in [9.17, 15) is 0 Å². The van der Waals surface area contributed by atoms with Gasteiger partial charge in [-0.15, -0.1) is 0 Å². The Morgan fingerprint density at radius 3 is 2.67 bits per heavy atom. The topological polar surface area (TPSA) is 38.0 Å². The number of allylic oxidation sites excluding steroid dienone is 3. The molecule has 0 bridgehead atoms. The van der Waals surface area contributed by atoms with Crippen LogP contribution in [0.1, 0.15) is 19.3 Å². The first kappa shape index (κ1) is 9.33. The Bertz CT molecular complexity index is 155. The minimum atomic E-state index is 0.883. The van der Waals surface area contributed by atoms with Gasteiger partial charge < -0.3 is 11.1 Å². The molecule has 0 atom stereocenters. The molecule has 1 fully saturated rings. The van der Waals surface area contributed by atoms with Gasteiger partial charge in [0.1, 0.15) is 0 Å². The number of nitrogens with one attached hydrogen (secondary N) is 1. The maximum Gasteiger partial charge on any atom is -0.00462 e. The molecule has 12 heavy (non-hydrogen) atoms. The van der Waals surface area contributed by atoms with Gasteiger partial charge in [-0.3, -0.25) is 0 Å². The smallest absolute Gasteiger partial charge is 0.00462 e. The molecule has 1 aliphatic rings. The van der Waals surface area contributed by atoms with Crippen LogP contribution >= 0.6 is 0 Å². The highest BCUT2D eigenvalue weighted by molar-refractivity contribution is 5.01. The van der Waals surface area contributed by atoms with Gasteiger partial charge in [-0.25, -0.2) is 0 Å². The standard InChI is InChI=1S/C10H18N2/c11-7-3-1-2-4-10-5-8-12-9-6-10/h1-3,7,10,12H,4-6,8-9,11H2/b2-1-,7-3-. The van der Waals surface area contributed by atoms with Crippen LogP contribution in [0.2, 0.25) is 0 Å². The van der Waals surface area contributed by atoms with Crippen molar-refractivity contribution in [2.24, 2.45) is 11.7 Å². The molecule has 68 valence electrons. The molecule has 3 N–H and O–H groups in total. The summed E-state index contributed by atoms with van der Waals surface area (Å²) in [5.74, 6) is 0.883. The minimum Gasteiger partial charge on any atom is -0.405 e. The summed E-state index contributed by atoms with van der Waals surface area (Å²) in [6.07, 6.45) is 11.5. The van der Waals surface area contributed by atoms with Crippen molar-refractivity contribution in [3.63, 3.8) is 0 Å². The molecule has 0 spiro atoms. The van der Waals surface area contributed by atoms with Crippen LogP contribution in [0.25, 0.3) is 0 Å². The highest BCUT2D eigenvalue weighted by Gasteiger charge is 2.10. The second kappa shape index (κ2) is 5.84. The fraction of sp³-hybridized carbons (Fsp3) is 0.600. The second-order valence-electron chi connectivity index (χ2n) is 3.24. The molecule has 1 rings (SSSR count). The Morgan fingerprint density at radius 1 is 1.25 bits per heavy atom. The van der Waals surface area contributed by atoms with Crippen LogP contribution in [0.5, 0.6) is 0 Å². The van der Waals surface area contributed by atoms with Crippen molar-refractivity contribution in [1.29, 1.82) is 0 Å². The zero-order valence-corrected chi connectivity index (χ0v) is 7.50. The van der Waals surface area contributed by atoms with E-state index < -0.39 is 0 Å². The molecule has 0 aliphatic carbocycles. The lowest BCUT2D eigenvalue weighted by Gasteiger charge is -2.20. The van der Waals surface area contributed by atoms with Crippen LogP contribution in [-0.2, 0) is 0 Å². The Hall–Kier alpha value is -0.760. The number of hydrogen-bond acceptors (Lipinski definition) is 2. The van der Waals surface area contributed by atoms with Gasteiger partial charge in [0.05, 0.1) is 0 Å². The average molecular weight is 166 g/mol. The van der Waals surface area contributed by atoms with Gasteiger partial charge in [0.2, 0.25) is 0 Å². The molecular formula is C10H18N2. The molecule has 0 aromatic heterocycles. The van der Waals surface area contributed by atoms with Gasteiger partial charge in [0.25, 0.3) is 0 Å². The van der Waals surface area contributed by atoms with Gasteiger partial charge in [-0.05, 0) is 50.5 Å². The first-order valence-electron chi connectivity index (χ1n) is 4.67. The molecule has 1 heterocycles.